The minimum absolute atomic E-state index is 0.588. The van der Waals surface area contributed by atoms with Crippen molar-refractivity contribution in [1.29, 1.82) is 0 Å². The van der Waals surface area contributed by atoms with Gasteiger partial charge in [0.1, 0.15) is 5.75 Å². The monoisotopic (exact) mass is 250 g/mol. The van der Waals surface area contributed by atoms with E-state index in [0.717, 1.165) is 23.7 Å². The fraction of sp³-hybridized carbons (Fsp3) is 0.273. The molecular formula is C11H14N4OS. The summed E-state index contributed by atoms with van der Waals surface area (Å²) < 4.78 is 7.66. The number of hydrogen-bond donors (Lipinski definition) is 2. The first-order valence-corrected chi connectivity index (χ1v) is 5.67. The summed E-state index contributed by atoms with van der Waals surface area (Å²) in [5.41, 5.74) is 7.42. The normalized spacial score (nSPS) is 10.5. The van der Waals surface area contributed by atoms with Gasteiger partial charge in [-0.2, -0.15) is 5.10 Å². The molecule has 0 spiro atoms. The standard InChI is InChI=1S/C11H14N4OS/c1-3-15-10(13-14-11(15)17)8-6-7(16-2)4-5-9(8)12/h4-6H,3,12H2,1-2H3,(H,14,17). The van der Waals surface area contributed by atoms with Gasteiger partial charge in [-0.3, -0.25) is 5.10 Å². The summed E-state index contributed by atoms with van der Waals surface area (Å²) >= 11 is 5.15. The van der Waals surface area contributed by atoms with Crippen molar-refractivity contribution in [2.75, 3.05) is 12.8 Å². The number of aromatic amines is 1. The molecule has 0 radical (unpaired) electrons. The third-order valence-electron chi connectivity index (χ3n) is 2.58. The summed E-state index contributed by atoms with van der Waals surface area (Å²) in [7, 11) is 1.62. The van der Waals surface area contributed by atoms with E-state index in [1.165, 1.54) is 0 Å². The molecule has 2 rings (SSSR count). The van der Waals surface area contributed by atoms with Crippen molar-refractivity contribution in [3.63, 3.8) is 0 Å². The van der Waals surface area contributed by atoms with Crippen molar-refractivity contribution in [3.05, 3.63) is 23.0 Å². The van der Waals surface area contributed by atoms with Crippen LogP contribution in [0.25, 0.3) is 11.4 Å². The van der Waals surface area contributed by atoms with Crippen molar-refractivity contribution in [2.45, 2.75) is 13.5 Å². The lowest BCUT2D eigenvalue weighted by Crippen LogP contribution is -2.00. The Bertz CT molecular complexity index is 587. The predicted octanol–water partition coefficient (Wildman–Crippen LogP) is 2.22. The molecular weight excluding hydrogens is 236 g/mol. The highest BCUT2D eigenvalue weighted by Gasteiger charge is 2.11. The number of nitrogen functional groups attached to an aromatic ring is 1. The topological polar surface area (TPSA) is 68.9 Å². The molecule has 0 aliphatic heterocycles. The van der Waals surface area contributed by atoms with Gasteiger partial charge in [-0.25, -0.2) is 0 Å². The number of rotatable bonds is 3. The van der Waals surface area contributed by atoms with E-state index in [-0.39, 0.29) is 0 Å². The Hall–Kier alpha value is -1.82. The molecule has 90 valence electrons. The van der Waals surface area contributed by atoms with E-state index < -0.39 is 0 Å². The van der Waals surface area contributed by atoms with Gasteiger partial charge in [0, 0.05) is 17.8 Å². The van der Waals surface area contributed by atoms with Crippen LogP contribution in [-0.2, 0) is 6.54 Å². The second-order valence-corrected chi connectivity index (χ2v) is 3.94. The third kappa shape index (κ3) is 2.03. The summed E-state index contributed by atoms with van der Waals surface area (Å²) in [5.74, 6) is 1.47. The lowest BCUT2D eigenvalue weighted by atomic mass is 10.1. The summed E-state index contributed by atoms with van der Waals surface area (Å²) in [6, 6.07) is 5.47. The molecule has 0 aliphatic carbocycles. The van der Waals surface area contributed by atoms with Crippen LogP contribution in [0.1, 0.15) is 6.92 Å². The maximum atomic E-state index is 5.95. The SMILES string of the molecule is CCn1c(-c2cc(OC)ccc2N)n[nH]c1=S. The van der Waals surface area contributed by atoms with Gasteiger partial charge in [0.05, 0.1) is 7.11 Å². The average Bonchev–Trinajstić information content (AvgIpc) is 2.71. The molecule has 0 fully saturated rings. The summed E-state index contributed by atoms with van der Waals surface area (Å²) in [6.45, 7) is 2.74. The zero-order chi connectivity index (χ0) is 12.4. The first-order valence-electron chi connectivity index (χ1n) is 5.26. The van der Waals surface area contributed by atoms with Crippen LogP contribution in [-0.4, -0.2) is 21.9 Å². The van der Waals surface area contributed by atoms with Crippen molar-refractivity contribution < 1.29 is 4.74 Å². The van der Waals surface area contributed by atoms with Crippen LogP contribution < -0.4 is 10.5 Å². The van der Waals surface area contributed by atoms with Gasteiger partial charge in [-0.1, -0.05) is 0 Å². The Kier molecular flexibility index (Phi) is 3.14. The van der Waals surface area contributed by atoms with Gasteiger partial charge in [0.2, 0.25) is 0 Å². The van der Waals surface area contributed by atoms with E-state index in [1.807, 2.05) is 23.6 Å². The minimum atomic E-state index is 0.588. The van der Waals surface area contributed by atoms with E-state index in [4.69, 9.17) is 22.7 Å². The molecule has 1 heterocycles. The third-order valence-corrected chi connectivity index (χ3v) is 2.89. The largest absolute Gasteiger partial charge is 0.497 e. The Morgan fingerprint density at radius 1 is 1.53 bits per heavy atom. The average molecular weight is 250 g/mol. The van der Waals surface area contributed by atoms with Crippen LogP contribution in [0.2, 0.25) is 0 Å². The van der Waals surface area contributed by atoms with Gasteiger partial charge in [-0.05, 0) is 37.3 Å². The molecule has 17 heavy (non-hydrogen) atoms. The van der Waals surface area contributed by atoms with Crippen molar-refractivity contribution in [2.24, 2.45) is 0 Å². The Labute approximate surface area is 104 Å². The van der Waals surface area contributed by atoms with Gasteiger partial charge in [-0.15, -0.1) is 0 Å². The molecule has 0 amide bonds. The first kappa shape index (κ1) is 11.7. The van der Waals surface area contributed by atoms with E-state index >= 15 is 0 Å². The number of ether oxygens (including phenoxy) is 1. The number of benzene rings is 1. The Morgan fingerprint density at radius 3 is 2.94 bits per heavy atom. The number of hydrogen-bond acceptors (Lipinski definition) is 4. The second-order valence-electron chi connectivity index (χ2n) is 3.55. The zero-order valence-electron chi connectivity index (χ0n) is 9.73. The molecule has 0 atom stereocenters. The molecule has 0 unspecified atom stereocenters. The maximum absolute atomic E-state index is 5.95. The quantitative estimate of drug-likeness (QED) is 0.647. The highest BCUT2D eigenvalue weighted by molar-refractivity contribution is 7.71. The Morgan fingerprint density at radius 2 is 2.29 bits per heavy atom. The van der Waals surface area contributed by atoms with Crippen LogP contribution in [0.5, 0.6) is 5.75 Å². The molecule has 5 nitrogen and oxygen atoms in total. The number of nitrogens with zero attached hydrogens (tertiary/aromatic N) is 2. The first-order chi connectivity index (χ1) is 8.17. The van der Waals surface area contributed by atoms with E-state index in [0.29, 0.717) is 10.5 Å². The molecule has 3 N–H and O–H groups in total. The lowest BCUT2D eigenvalue weighted by Gasteiger charge is -2.08. The highest BCUT2D eigenvalue weighted by atomic mass is 32.1. The van der Waals surface area contributed by atoms with E-state index in [1.54, 1.807) is 13.2 Å². The fourth-order valence-electron chi connectivity index (χ4n) is 1.67. The summed E-state index contributed by atoms with van der Waals surface area (Å²) in [5, 5.41) is 6.97. The molecule has 1 aromatic heterocycles. The van der Waals surface area contributed by atoms with Gasteiger partial charge < -0.3 is 15.0 Å². The Balaban J connectivity index is 2.63. The molecule has 0 saturated heterocycles. The lowest BCUT2D eigenvalue weighted by molar-refractivity contribution is 0.415. The molecule has 2 aromatic rings. The molecule has 1 aromatic carbocycles. The molecule has 0 bridgehead atoms. The van der Waals surface area contributed by atoms with Crippen LogP contribution in [0.3, 0.4) is 0 Å². The number of nitrogens with one attached hydrogen (secondary N) is 1. The fourth-order valence-corrected chi connectivity index (χ4v) is 1.93. The second kappa shape index (κ2) is 4.58. The number of H-pyrrole nitrogens is 1. The number of methoxy groups -OCH3 is 1. The van der Waals surface area contributed by atoms with E-state index in [9.17, 15) is 0 Å². The van der Waals surface area contributed by atoms with Crippen molar-refractivity contribution in [1.82, 2.24) is 14.8 Å². The van der Waals surface area contributed by atoms with Gasteiger partial charge >= 0.3 is 0 Å². The molecule has 0 aliphatic rings. The molecule has 6 heteroatoms. The van der Waals surface area contributed by atoms with Gasteiger partial charge in [0.15, 0.2) is 10.6 Å². The summed E-state index contributed by atoms with van der Waals surface area (Å²) in [4.78, 5) is 0. The van der Waals surface area contributed by atoms with Crippen molar-refractivity contribution >= 4 is 17.9 Å². The van der Waals surface area contributed by atoms with Crippen LogP contribution in [0.15, 0.2) is 18.2 Å². The predicted molar refractivity (Wildman–Crippen MR) is 69.5 cm³/mol. The number of aromatic nitrogens is 3. The van der Waals surface area contributed by atoms with Crippen LogP contribution in [0.4, 0.5) is 5.69 Å². The van der Waals surface area contributed by atoms with Crippen LogP contribution in [0, 0.1) is 4.77 Å². The van der Waals surface area contributed by atoms with E-state index in [2.05, 4.69) is 10.2 Å². The van der Waals surface area contributed by atoms with Gasteiger partial charge in [0.25, 0.3) is 0 Å². The minimum Gasteiger partial charge on any atom is -0.497 e. The smallest absolute Gasteiger partial charge is 0.195 e. The number of anilines is 1. The van der Waals surface area contributed by atoms with Crippen molar-refractivity contribution in [3.8, 4) is 17.1 Å². The maximum Gasteiger partial charge on any atom is 0.195 e. The molecule has 0 saturated carbocycles. The zero-order valence-corrected chi connectivity index (χ0v) is 10.5. The summed E-state index contributed by atoms with van der Waals surface area (Å²) in [6.07, 6.45) is 0. The number of nitrogens with two attached hydrogens (primary N) is 1. The van der Waals surface area contributed by atoms with Crippen LogP contribution >= 0.6 is 12.2 Å². The highest BCUT2D eigenvalue weighted by Crippen LogP contribution is 2.28.